The van der Waals surface area contributed by atoms with Gasteiger partial charge >= 0.3 is 0 Å². The van der Waals surface area contributed by atoms with Crippen LogP contribution in [0.2, 0.25) is 0 Å². The molecule has 0 saturated carbocycles. The van der Waals surface area contributed by atoms with Gasteiger partial charge < -0.3 is 9.80 Å². The largest absolute Gasteiger partial charge is 0.342 e. The second-order valence-corrected chi connectivity index (χ2v) is 8.36. The van der Waals surface area contributed by atoms with Crippen LogP contribution in [0.4, 0.5) is 0 Å². The first-order chi connectivity index (χ1) is 14.0. The molecular weight excluding hydrogens is 364 g/mol. The fourth-order valence-corrected chi connectivity index (χ4v) is 4.49. The van der Waals surface area contributed by atoms with Gasteiger partial charge in [0.1, 0.15) is 5.82 Å². The van der Waals surface area contributed by atoms with E-state index in [1.165, 1.54) is 5.56 Å². The highest BCUT2D eigenvalue weighted by atomic mass is 16.2. The van der Waals surface area contributed by atoms with Crippen molar-refractivity contribution in [2.45, 2.75) is 39.0 Å². The van der Waals surface area contributed by atoms with Crippen LogP contribution in [-0.4, -0.2) is 57.8 Å². The Morgan fingerprint density at radius 2 is 1.76 bits per heavy atom. The van der Waals surface area contributed by atoms with Gasteiger partial charge in [0, 0.05) is 45.0 Å². The zero-order valence-corrected chi connectivity index (χ0v) is 17.0. The van der Waals surface area contributed by atoms with Crippen LogP contribution in [0.15, 0.2) is 42.7 Å². The highest BCUT2D eigenvalue weighted by molar-refractivity contribution is 5.93. The number of benzene rings is 1. The van der Waals surface area contributed by atoms with Crippen LogP contribution < -0.4 is 0 Å². The SMILES string of the molecule is Cc1ncc(C(=O)N2CCC3(CCC(=O)N(CCc4ccccc4)C3)CC2)cn1. The molecule has 2 aromatic rings. The fraction of sp³-hybridized carbons (Fsp3) is 0.478. The van der Waals surface area contributed by atoms with Gasteiger partial charge in [-0.1, -0.05) is 30.3 Å². The van der Waals surface area contributed by atoms with E-state index in [0.717, 1.165) is 51.9 Å². The molecule has 2 aliphatic heterocycles. The molecule has 4 rings (SSSR count). The number of carbonyl (C=O) groups is 2. The first-order valence-electron chi connectivity index (χ1n) is 10.4. The molecule has 2 amide bonds. The number of rotatable bonds is 4. The lowest BCUT2D eigenvalue weighted by molar-refractivity contribution is -0.138. The minimum Gasteiger partial charge on any atom is -0.342 e. The molecule has 0 unspecified atom stereocenters. The molecule has 2 fully saturated rings. The van der Waals surface area contributed by atoms with E-state index in [9.17, 15) is 9.59 Å². The summed E-state index contributed by atoms with van der Waals surface area (Å²) in [6.07, 6.45) is 7.55. The Kier molecular flexibility index (Phi) is 5.60. The predicted octanol–water partition coefficient (Wildman–Crippen LogP) is 2.87. The minimum absolute atomic E-state index is 0.00710. The second-order valence-electron chi connectivity index (χ2n) is 8.36. The van der Waals surface area contributed by atoms with Crippen molar-refractivity contribution in [3.63, 3.8) is 0 Å². The summed E-state index contributed by atoms with van der Waals surface area (Å²) in [5.41, 5.74) is 1.96. The summed E-state index contributed by atoms with van der Waals surface area (Å²) in [6.45, 7) is 4.86. The molecule has 6 heteroatoms. The molecule has 0 bridgehead atoms. The molecule has 1 spiro atoms. The normalized spacial score (nSPS) is 18.9. The van der Waals surface area contributed by atoms with Gasteiger partial charge in [-0.15, -0.1) is 0 Å². The van der Waals surface area contributed by atoms with Crippen molar-refractivity contribution in [2.24, 2.45) is 5.41 Å². The van der Waals surface area contributed by atoms with Crippen LogP contribution in [0, 0.1) is 12.3 Å². The number of nitrogens with zero attached hydrogens (tertiary/aromatic N) is 4. The lowest BCUT2D eigenvalue weighted by atomic mass is 9.72. The summed E-state index contributed by atoms with van der Waals surface area (Å²) >= 11 is 0. The monoisotopic (exact) mass is 392 g/mol. The van der Waals surface area contributed by atoms with Gasteiger partial charge in [-0.05, 0) is 43.6 Å². The molecular formula is C23H28N4O2. The summed E-state index contributed by atoms with van der Waals surface area (Å²) in [5.74, 6) is 0.941. The maximum atomic E-state index is 12.7. The average molecular weight is 393 g/mol. The van der Waals surface area contributed by atoms with Crippen molar-refractivity contribution < 1.29 is 9.59 Å². The Morgan fingerprint density at radius 3 is 2.45 bits per heavy atom. The molecule has 0 N–H and O–H groups in total. The predicted molar refractivity (Wildman–Crippen MR) is 110 cm³/mol. The molecule has 2 saturated heterocycles. The van der Waals surface area contributed by atoms with Gasteiger partial charge in [0.05, 0.1) is 5.56 Å². The molecule has 29 heavy (non-hydrogen) atoms. The molecule has 2 aliphatic rings. The summed E-state index contributed by atoms with van der Waals surface area (Å²) in [5, 5.41) is 0. The number of hydrogen-bond donors (Lipinski definition) is 0. The third-order valence-corrected chi connectivity index (χ3v) is 6.40. The number of hydrogen-bond acceptors (Lipinski definition) is 4. The molecule has 1 aromatic heterocycles. The summed E-state index contributed by atoms with van der Waals surface area (Å²) < 4.78 is 0. The van der Waals surface area contributed by atoms with E-state index in [-0.39, 0.29) is 17.2 Å². The number of aromatic nitrogens is 2. The Morgan fingerprint density at radius 1 is 1.07 bits per heavy atom. The molecule has 3 heterocycles. The van der Waals surface area contributed by atoms with Gasteiger partial charge in [0.25, 0.3) is 5.91 Å². The van der Waals surface area contributed by atoms with E-state index < -0.39 is 0 Å². The van der Waals surface area contributed by atoms with Gasteiger partial charge in [-0.25, -0.2) is 9.97 Å². The summed E-state index contributed by atoms with van der Waals surface area (Å²) in [6, 6.07) is 10.3. The molecule has 1 aromatic carbocycles. The fourth-order valence-electron chi connectivity index (χ4n) is 4.49. The van der Waals surface area contributed by atoms with Crippen LogP contribution >= 0.6 is 0 Å². The third-order valence-electron chi connectivity index (χ3n) is 6.40. The molecule has 0 atom stereocenters. The number of carbonyl (C=O) groups excluding carboxylic acids is 2. The van der Waals surface area contributed by atoms with E-state index in [0.29, 0.717) is 17.8 Å². The maximum absolute atomic E-state index is 12.7. The van der Waals surface area contributed by atoms with E-state index in [4.69, 9.17) is 0 Å². The van der Waals surface area contributed by atoms with E-state index in [1.807, 2.05) is 34.9 Å². The standard InChI is InChI=1S/C23H28N4O2/c1-18-24-15-20(16-25-18)22(29)26-13-10-23(11-14-26)9-7-21(28)27(17-23)12-8-19-5-3-2-4-6-19/h2-6,15-16H,7-14,17H2,1H3. The molecule has 0 radical (unpaired) electrons. The lowest BCUT2D eigenvalue weighted by Crippen LogP contribution is -2.52. The first-order valence-corrected chi connectivity index (χ1v) is 10.4. The van der Waals surface area contributed by atoms with Gasteiger partial charge in [0.2, 0.25) is 5.91 Å². The molecule has 0 aliphatic carbocycles. The topological polar surface area (TPSA) is 66.4 Å². The van der Waals surface area contributed by atoms with Crippen molar-refractivity contribution in [3.8, 4) is 0 Å². The lowest BCUT2D eigenvalue weighted by Gasteiger charge is -2.47. The van der Waals surface area contributed by atoms with Crippen LogP contribution in [0.25, 0.3) is 0 Å². The third kappa shape index (κ3) is 4.47. The summed E-state index contributed by atoms with van der Waals surface area (Å²) in [4.78, 5) is 37.4. The minimum atomic E-state index is 0.00710. The maximum Gasteiger partial charge on any atom is 0.256 e. The average Bonchev–Trinajstić information content (AvgIpc) is 2.76. The van der Waals surface area contributed by atoms with Gasteiger partial charge in [-0.3, -0.25) is 9.59 Å². The van der Waals surface area contributed by atoms with E-state index >= 15 is 0 Å². The van der Waals surface area contributed by atoms with Crippen LogP contribution in [0.1, 0.15) is 47.4 Å². The Labute approximate surface area is 172 Å². The summed E-state index contributed by atoms with van der Waals surface area (Å²) in [7, 11) is 0. The highest BCUT2D eigenvalue weighted by Gasteiger charge is 2.41. The van der Waals surface area contributed by atoms with Crippen molar-refractivity contribution in [3.05, 3.63) is 59.7 Å². The Bertz CT molecular complexity index is 858. The van der Waals surface area contributed by atoms with Crippen molar-refractivity contribution in [1.29, 1.82) is 0 Å². The quantitative estimate of drug-likeness (QED) is 0.802. The zero-order valence-electron chi connectivity index (χ0n) is 17.0. The number of amides is 2. The van der Waals surface area contributed by atoms with E-state index in [1.54, 1.807) is 12.4 Å². The number of likely N-dealkylation sites (tertiary alicyclic amines) is 2. The van der Waals surface area contributed by atoms with Crippen molar-refractivity contribution >= 4 is 11.8 Å². The molecule has 6 nitrogen and oxygen atoms in total. The Hall–Kier alpha value is -2.76. The van der Waals surface area contributed by atoms with Crippen molar-refractivity contribution in [1.82, 2.24) is 19.8 Å². The zero-order chi connectivity index (χ0) is 20.3. The van der Waals surface area contributed by atoms with Gasteiger partial charge in [0.15, 0.2) is 0 Å². The second kappa shape index (κ2) is 8.31. The van der Waals surface area contributed by atoms with Gasteiger partial charge in [-0.2, -0.15) is 0 Å². The number of piperidine rings is 2. The van der Waals surface area contributed by atoms with Crippen LogP contribution in [-0.2, 0) is 11.2 Å². The Balaban J connectivity index is 1.35. The number of aryl methyl sites for hydroxylation is 1. The molecule has 152 valence electrons. The highest BCUT2D eigenvalue weighted by Crippen LogP contribution is 2.40. The van der Waals surface area contributed by atoms with Crippen LogP contribution in [0.5, 0.6) is 0 Å². The smallest absolute Gasteiger partial charge is 0.256 e. The first kappa shape index (κ1) is 19.6. The van der Waals surface area contributed by atoms with Crippen molar-refractivity contribution in [2.75, 3.05) is 26.2 Å². The van der Waals surface area contributed by atoms with E-state index in [2.05, 4.69) is 22.1 Å². The van der Waals surface area contributed by atoms with Crippen LogP contribution in [0.3, 0.4) is 0 Å².